The molecule has 1 aromatic rings. The lowest BCUT2D eigenvalue weighted by atomic mass is 9.90. The maximum atomic E-state index is 11.1. The van der Waals surface area contributed by atoms with E-state index in [1.165, 1.54) is 0 Å². The molecule has 5 heteroatoms. The molecule has 1 aliphatic heterocycles. The molecular formula is C14H22N4O. The Hall–Kier alpha value is -1.62. The number of nitrogens with zero attached hydrogens (tertiary/aromatic N) is 2. The van der Waals surface area contributed by atoms with Gasteiger partial charge in [0.15, 0.2) is 0 Å². The summed E-state index contributed by atoms with van der Waals surface area (Å²) in [7, 11) is 2.01. The van der Waals surface area contributed by atoms with Crippen LogP contribution in [0.5, 0.6) is 0 Å². The summed E-state index contributed by atoms with van der Waals surface area (Å²) in [6.45, 7) is 4.26. The summed E-state index contributed by atoms with van der Waals surface area (Å²) in [6, 6.07) is 4.28. The van der Waals surface area contributed by atoms with Crippen LogP contribution in [0.2, 0.25) is 0 Å². The molecule has 1 saturated heterocycles. The molecule has 1 fully saturated rings. The fourth-order valence-corrected chi connectivity index (χ4v) is 2.64. The van der Waals surface area contributed by atoms with Crippen molar-refractivity contribution < 1.29 is 4.79 Å². The number of hydrogen-bond donors (Lipinski definition) is 2. The number of aromatic nitrogens is 1. The van der Waals surface area contributed by atoms with E-state index >= 15 is 0 Å². The predicted molar refractivity (Wildman–Crippen MR) is 76.2 cm³/mol. The summed E-state index contributed by atoms with van der Waals surface area (Å²) in [5, 5.41) is 3.32. The zero-order valence-electron chi connectivity index (χ0n) is 11.6. The molecule has 1 unspecified atom stereocenters. The van der Waals surface area contributed by atoms with Crippen LogP contribution in [-0.4, -0.2) is 37.1 Å². The van der Waals surface area contributed by atoms with Crippen LogP contribution < -0.4 is 16.0 Å². The Morgan fingerprint density at radius 2 is 2.21 bits per heavy atom. The number of amides is 1. The van der Waals surface area contributed by atoms with Gasteiger partial charge in [0, 0.05) is 31.0 Å². The van der Waals surface area contributed by atoms with Crippen LogP contribution in [0.15, 0.2) is 18.3 Å². The number of pyridine rings is 1. The van der Waals surface area contributed by atoms with E-state index < -0.39 is 5.91 Å². The van der Waals surface area contributed by atoms with Crippen LogP contribution in [-0.2, 0) is 0 Å². The Morgan fingerprint density at radius 1 is 1.53 bits per heavy atom. The van der Waals surface area contributed by atoms with E-state index in [0.29, 0.717) is 11.7 Å². The van der Waals surface area contributed by atoms with Crippen molar-refractivity contribution in [2.24, 2.45) is 11.7 Å². The summed E-state index contributed by atoms with van der Waals surface area (Å²) >= 11 is 0. The highest BCUT2D eigenvalue weighted by molar-refractivity contribution is 5.91. The van der Waals surface area contributed by atoms with Crippen LogP contribution in [0.25, 0.3) is 0 Å². The van der Waals surface area contributed by atoms with Gasteiger partial charge in [0.05, 0.1) is 0 Å². The van der Waals surface area contributed by atoms with Gasteiger partial charge in [-0.15, -0.1) is 0 Å². The molecular weight excluding hydrogens is 240 g/mol. The summed E-state index contributed by atoms with van der Waals surface area (Å²) in [5.74, 6) is 0.249. The van der Waals surface area contributed by atoms with Gasteiger partial charge in [-0.2, -0.15) is 0 Å². The smallest absolute Gasteiger partial charge is 0.267 e. The van der Waals surface area contributed by atoms with Gasteiger partial charge in [0.1, 0.15) is 5.69 Å². The predicted octanol–water partition coefficient (Wildman–Crippen LogP) is 1.00. The van der Waals surface area contributed by atoms with Crippen molar-refractivity contribution in [3.63, 3.8) is 0 Å². The van der Waals surface area contributed by atoms with Crippen molar-refractivity contribution >= 4 is 11.6 Å². The maximum Gasteiger partial charge on any atom is 0.267 e. The quantitative estimate of drug-likeness (QED) is 0.849. The highest BCUT2D eigenvalue weighted by atomic mass is 16.1. The minimum atomic E-state index is -0.472. The first kappa shape index (κ1) is 13.8. The highest BCUT2D eigenvalue weighted by Gasteiger charge is 2.23. The van der Waals surface area contributed by atoms with Gasteiger partial charge in [0.2, 0.25) is 0 Å². The first-order valence-electron chi connectivity index (χ1n) is 6.80. The van der Waals surface area contributed by atoms with E-state index in [1.807, 2.05) is 13.1 Å². The van der Waals surface area contributed by atoms with Gasteiger partial charge in [-0.3, -0.25) is 9.78 Å². The number of piperidine rings is 1. The third kappa shape index (κ3) is 3.23. The minimum Gasteiger partial charge on any atom is -0.371 e. The molecule has 0 saturated carbocycles. The molecule has 0 radical (unpaired) electrons. The number of anilines is 1. The van der Waals surface area contributed by atoms with Crippen molar-refractivity contribution in [1.82, 2.24) is 10.3 Å². The summed E-state index contributed by atoms with van der Waals surface area (Å²) in [5.41, 5.74) is 6.64. The van der Waals surface area contributed by atoms with Crippen LogP contribution in [0.3, 0.4) is 0 Å². The van der Waals surface area contributed by atoms with Crippen molar-refractivity contribution in [3.8, 4) is 0 Å². The van der Waals surface area contributed by atoms with E-state index in [4.69, 9.17) is 5.73 Å². The third-order valence-corrected chi connectivity index (χ3v) is 4.06. The second-order valence-electron chi connectivity index (χ2n) is 5.17. The lowest BCUT2D eigenvalue weighted by Crippen LogP contribution is -2.41. The molecule has 3 N–H and O–H groups in total. The standard InChI is InChI=1S/C14H22N4O/c1-10(16-2)11-4-7-18(8-5-11)12-3-6-17-13(9-12)14(15)19/h3,6,9-11,16H,4-5,7-8H2,1-2H3,(H2,15,19). The fraction of sp³-hybridized carbons (Fsp3) is 0.571. The monoisotopic (exact) mass is 262 g/mol. The van der Waals surface area contributed by atoms with Crippen LogP contribution >= 0.6 is 0 Å². The van der Waals surface area contributed by atoms with E-state index in [-0.39, 0.29) is 0 Å². The Kier molecular flexibility index (Phi) is 4.37. The van der Waals surface area contributed by atoms with Crippen LogP contribution in [0, 0.1) is 5.92 Å². The van der Waals surface area contributed by atoms with E-state index in [1.54, 1.807) is 12.3 Å². The summed E-state index contributed by atoms with van der Waals surface area (Å²) in [4.78, 5) is 17.4. The summed E-state index contributed by atoms with van der Waals surface area (Å²) in [6.07, 6.45) is 3.98. The normalized spacial score (nSPS) is 18.3. The van der Waals surface area contributed by atoms with Gasteiger partial charge in [-0.25, -0.2) is 0 Å². The molecule has 19 heavy (non-hydrogen) atoms. The molecule has 1 aromatic heterocycles. The SMILES string of the molecule is CNC(C)C1CCN(c2ccnc(C(N)=O)c2)CC1. The number of nitrogens with two attached hydrogens (primary N) is 1. The topological polar surface area (TPSA) is 71.2 Å². The van der Waals surface area contributed by atoms with Crippen molar-refractivity contribution in [1.29, 1.82) is 0 Å². The van der Waals surface area contributed by atoms with Gasteiger partial charge >= 0.3 is 0 Å². The van der Waals surface area contributed by atoms with Crippen molar-refractivity contribution in [3.05, 3.63) is 24.0 Å². The third-order valence-electron chi connectivity index (χ3n) is 4.06. The lowest BCUT2D eigenvalue weighted by Gasteiger charge is -2.36. The Labute approximate surface area is 114 Å². The van der Waals surface area contributed by atoms with Crippen molar-refractivity contribution in [2.45, 2.75) is 25.8 Å². The van der Waals surface area contributed by atoms with E-state index in [9.17, 15) is 4.79 Å². The molecule has 0 aliphatic carbocycles. The zero-order chi connectivity index (χ0) is 13.8. The Morgan fingerprint density at radius 3 is 2.79 bits per heavy atom. The number of rotatable bonds is 4. The minimum absolute atomic E-state index is 0.336. The molecule has 2 rings (SSSR count). The number of hydrogen-bond acceptors (Lipinski definition) is 4. The first-order valence-corrected chi connectivity index (χ1v) is 6.80. The number of carbonyl (C=O) groups is 1. The average Bonchev–Trinajstić information content (AvgIpc) is 2.46. The van der Waals surface area contributed by atoms with Crippen molar-refractivity contribution in [2.75, 3.05) is 25.0 Å². The molecule has 0 bridgehead atoms. The molecule has 104 valence electrons. The van der Waals surface area contributed by atoms with Gasteiger partial charge < -0.3 is 16.0 Å². The largest absolute Gasteiger partial charge is 0.371 e. The second-order valence-corrected chi connectivity index (χ2v) is 5.17. The maximum absolute atomic E-state index is 11.1. The highest BCUT2D eigenvalue weighted by Crippen LogP contribution is 2.25. The van der Waals surface area contributed by atoms with Gasteiger partial charge in [0.25, 0.3) is 5.91 Å². The molecule has 2 heterocycles. The second kappa shape index (κ2) is 6.02. The summed E-state index contributed by atoms with van der Waals surface area (Å²) < 4.78 is 0. The van der Waals surface area contributed by atoms with Gasteiger partial charge in [-0.1, -0.05) is 0 Å². The number of carbonyl (C=O) groups excluding carboxylic acids is 1. The molecule has 0 spiro atoms. The Bertz CT molecular complexity index is 441. The molecule has 0 aromatic carbocycles. The van der Waals surface area contributed by atoms with E-state index in [2.05, 4.69) is 22.1 Å². The van der Waals surface area contributed by atoms with Crippen LogP contribution in [0.1, 0.15) is 30.3 Å². The molecule has 5 nitrogen and oxygen atoms in total. The fourth-order valence-electron chi connectivity index (χ4n) is 2.64. The zero-order valence-corrected chi connectivity index (χ0v) is 11.6. The molecule has 1 amide bonds. The molecule has 1 aliphatic rings. The first-order chi connectivity index (χ1) is 9.11. The van der Waals surface area contributed by atoms with E-state index in [0.717, 1.165) is 37.5 Å². The molecule has 1 atom stereocenters. The average molecular weight is 262 g/mol. The van der Waals surface area contributed by atoms with Gasteiger partial charge in [-0.05, 0) is 44.9 Å². The number of nitrogens with one attached hydrogen (secondary N) is 1. The lowest BCUT2D eigenvalue weighted by molar-refractivity contribution is 0.0995. The Balaban J connectivity index is 2.01. The number of primary amides is 1. The van der Waals surface area contributed by atoms with Crippen LogP contribution in [0.4, 0.5) is 5.69 Å².